The molecule has 5 heteroatoms. The van der Waals surface area contributed by atoms with E-state index >= 15 is 0 Å². The van der Waals surface area contributed by atoms with E-state index in [1.54, 1.807) is 6.20 Å². The zero-order valence-electron chi connectivity index (χ0n) is 12.2. The summed E-state index contributed by atoms with van der Waals surface area (Å²) in [6.45, 7) is 8.66. The quantitative estimate of drug-likeness (QED) is 0.868. The largest absolute Gasteiger partial charge is 0.364 e. The van der Waals surface area contributed by atoms with E-state index in [4.69, 9.17) is 0 Å². The summed E-state index contributed by atoms with van der Waals surface area (Å²) in [5.74, 6) is 2.47. The number of aryl methyl sites for hydroxylation is 1. The van der Waals surface area contributed by atoms with E-state index in [1.807, 2.05) is 17.5 Å². The van der Waals surface area contributed by atoms with Gasteiger partial charge in [0.1, 0.15) is 5.82 Å². The molecule has 0 aromatic carbocycles. The molecule has 19 heavy (non-hydrogen) atoms. The molecule has 0 spiro atoms. The molecule has 0 saturated carbocycles. The fraction of sp³-hybridized carbons (Fsp3) is 0.643. The highest BCUT2D eigenvalue weighted by Crippen LogP contribution is 2.15. The molecule has 0 aliphatic carbocycles. The van der Waals surface area contributed by atoms with Gasteiger partial charge in [-0.05, 0) is 26.2 Å². The SMILES string of the molecule is Cc1nnc2c(NC(C)CCCC(C)C)nccn12. The van der Waals surface area contributed by atoms with E-state index in [1.165, 1.54) is 12.8 Å². The molecule has 0 amide bonds. The lowest BCUT2D eigenvalue weighted by molar-refractivity contribution is 0.520. The van der Waals surface area contributed by atoms with Crippen LogP contribution in [0.4, 0.5) is 5.82 Å². The Morgan fingerprint density at radius 3 is 2.74 bits per heavy atom. The van der Waals surface area contributed by atoms with Gasteiger partial charge in [-0.15, -0.1) is 10.2 Å². The summed E-state index contributed by atoms with van der Waals surface area (Å²) in [5.41, 5.74) is 0.802. The summed E-state index contributed by atoms with van der Waals surface area (Å²) in [5, 5.41) is 11.7. The molecule has 0 fully saturated rings. The minimum atomic E-state index is 0.398. The Labute approximate surface area is 114 Å². The van der Waals surface area contributed by atoms with Crippen LogP contribution in [0.15, 0.2) is 12.4 Å². The summed E-state index contributed by atoms with van der Waals surface area (Å²) in [7, 11) is 0. The third-order valence-corrected chi connectivity index (χ3v) is 3.30. The third-order valence-electron chi connectivity index (χ3n) is 3.30. The number of fused-ring (bicyclic) bond motifs is 1. The maximum absolute atomic E-state index is 4.37. The Balaban J connectivity index is 2.01. The Morgan fingerprint density at radius 2 is 2.00 bits per heavy atom. The number of nitrogens with one attached hydrogen (secondary N) is 1. The maximum atomic E-state index is 4.37. The van der Waals surface area contributed by atoms with E-state index < -0.39 is 0 Å². The van der Waals surface area contributed by atoms with Crippen LogP contribution in [0.25, 0.3) is 5.65 Å². The van der Waals surface area contributed by atoms with Gasteiger partial charge in [0.25, 0.3) is 0 Å². The lowest BCUT2D eigenvalue weighted by Gasteiger charge is -2.15. The lowest BCUT2D eigenvalue weighted by atomic mass is 10.0. The van der Waals surface area contributed by atoms with E-state index in [0.29, 0.717) is 6.04 Å². The van der Waals surface area contributed by atoms with Gasteiger partial charge in [0.15, 0.2) is 5.82 Å². The van der Waals surface area contributed by atoms with Crippen LogP contribution in [0.3, 0.4) is 0 Å². The molecule has 0 saturated heterocycles. The maximum Gasteiger partial charge on any atom is 0.203 e. The standard InChI is InChI=1S/C14H23N5/c1-10(2)6-5-7-11(3)16-13-14-18-17-12(4)19(14)9-8-15-13/h8-11H,5-7H2,1-4H3,(H,15,16). The first-order valence-electron chi connectivity index (χ1n) is 7.00. The monoisotopic (exact) mass is 261 g/mol. The van der Waals surface area contributed by atoms with Crippen molar-refractivity contribution in [3.05, 3.63) is 18.2 Å². The average Bonchev–Trinajstić information content (AvgIpc) is 2.72. The van der Waals surface area contributed by atoms with Gasteiger partial charge in [-0.25, -0.2) is 4.98 Å². The van der Waals surface area contributed by atoms with Gasteiger partial charge >= 0.3 is 0 Å². The van der Waals surface area contributed by atoms with Crippen LogP contribution in [0.5, 0.6) is 0 Å². The van der Waals surface area contributed by atoms with Gasteiger partial charge in [0.2, 0.25) is 5.65 Å². The zero-order chi connectivity index (χ0) is 13.8. The molecule has 104 valence electrons. The first kappa shape index (κ1) is 13.8. The number of hydrogen-bond acceptors (Lipinski definition) is 4. The number of rotatable bonds is 6. The molecule has 2 heterocycles. The Hall–Kier alpha value is -1.65. The van der Waals surface area contributed by atoms with Crippen molar-refractivity contribution < 1.29 is 0 Å². The van der Waals surface area contributed by atoms with Crippen LogP contribution in [-0.2, 0) is 0 Å². The van der Waals surface area contributed by atoms with Crippen molar-refractivity contribution in [3.8, 4) is 0 Å². The Bertz CT molecular complexity index is 532. The molecule has 2 rings (SSSR count). The average molecular weight is 261 g/mol. The van der Waals surface area contributed by atoms with E-state index in [0.717, 1.165) is 29.6 Å². The van der Waals surface area contributed by atoms with E-state index in [-0.39, 0.29) is 0 Å². The molecular weight excluding hydrogens is 238 g/mol. The number of nitrogens with zero attached hydrogens (tertiary/aromatic N) is 4. The van der Waals surface area contributed by atoms with Gasteiger partial charge in [-0.2, -0.15) is 0 Å². The summed E-state index contributed by atoms with van der Waals surface area (Å²) >= 11 is 0. The molecule has 2 aromatic rings. The first-order chi connectivity index (χ1) is 9.08. The van der Waals surface area contributed by atoms with Crippen molar-refractivity contribution in [2.75, 3.05) is 5.32 Å². The Morgan fingerprint density at radius 1 is 1.21 bits per heavy atom. The highest BCUT2D eigenvalue weighted by molar-refractivity contribution is 5.62. The van der Waals surface area contributed by atoms with Crippen molar-refractivity contribution >= 4 is 11.5 Å². The van der Waals surface area contributed by atoms with Crippen LogP contribution in [0.1, 0.15) is 45.9 Å². The van der Waals surface area contributed by atoms with Gasteiger partial charge in [0.05, 0.1) is 0 Å². The first-order valence-corrected chi connectivity index (χ1v) is 7.00. The predicted molar refractivity (Wildman–Crippen MR) is 77.3 cm³/mol. The second-order valence-electron chi connectivity index (χ2n) is 5.59. The highest BCUT2D eigenvalue weighted by Gasteiger charge is 2.10. The van der Waals surface area contributed by atoms with E-state index in [9.17, 15) is 0 Å². The highest BCUT2D eigenvalue weighted by atomic mass is 15.3. The van der Waals surface area contributed by atoms with Crippen LogP contribution >= 0.6 is 0 Å². The fourth-order valence-corrected chi connectivity index (χ4v) is 2.18. The van der Waals surface area contributed by atoms with Crippen LogP contribution in [-0.4, -0.2) is 25.6 Å². The van der Waals surface area contributed by atoms with Crippen molar-refractivity contribution in [2.45, 2.75) is 53.0 Å². The van der Waals surface area contributed by atoms with Gasteiger partial charge in [-0.3, -0.25) is 4.40 Å². The fourth-order valence-electron chi connectivity index (χ4n) is 2.18. The third kappa shape index (κ3) is 3.43. The number of hydrogen-bond donors (Lipinski definition) is 1. The summed E-state index contributed by atoms with van der Waals surface area (Å²) in [4.78, 5) is 4.37. The summed E-state index contributed by atoms with van der Waals surface area (Å²) in [6.07, 6.45) is 7.33. The molecule has 0 radical (unpaired) electrons. The molecule has 0 aliphatic heterocycles. The molecule has 5 nitrogen and oxygen atoms in total. The van der Waals surface area contributed by atoms with Crippen LogP contribution in [0.2, 0.25) is 0 Å². The molecule has 1 unspecified atom stereocenters. The molecule has 0 bridgehead atoms. The summed E-state index contributed by atoms with van der Waals surface area (Å²) in [6, 6.07) is 0.398. The number of aromatic nitrogens is 4. The normalized spacial score (nSPS) is 13.1. The lowest BCUT2D eigenvalue weighted by Crippen LogP contribution is -2.17. The van der Waals surface area contributed by atoms with Gasteiger partial charge < -0.3 is 5.32 Å². The van der Waals surface area contributed by atoms with Crippen molar-refractivity contribution in [3.63, 3.8) is 0 Å². The van der Waals surface area contributed by atoms with Crippen molar-refractivity contribution in [2.24, 2.45) is 5.92 Å². The van der Waals surface area contributed by atoms with Gasteiger partial charge in [-0.1, -0.05) is 26.7 Å². The minimum absolute atomic E-state index is 0.398. The molecule has 1 N–H and O–H groups in total. The predicted octanol–water partition coefficient (Wildman–Crippen LogP) is 3.06. The van der Waals surface area contributed by atoms with Crippen LogP contribution in [0, 0.1) is 12.8 Å². The smallest absolute Gasteiger partial charge is 0.203 e. The second-order valence-corrected chi connectivity index (χ2v) is 5.59. The van der Waals surface area contributed by atoms with Crippen LogP contribution < -0.4 is 5.32 Å². The zero-order valence-corrected chi connectivity index (χ0v) is 12.2. The molecule has 2 aromatic heterocycles. The van der Waals surface area contributed by atoms with Crippen molar-refractivity contribution in [1.29, 1.82) is 0 Å². The minimum Gasteiger partial charge on any atom is -0.364 e. The molecular formula is C14H23N5. The summed E-state index contributed by atoms with van der Waals surface area (Å²) < 4.78 is 1.95. The van der Waals surface area contributed by atoms with Crippen molar-refractivity contribution in [1.82, 2.24) is 19.6 Å². The second kappa shape index (κ2) is 5.99. The Kier molecular flexibility index (Phi) is 4.35. The van der Waals surface area contributed by atoms with E-state index in [2.05, 4.69) is 41.3 Å². The van der Waals surface area contributed by atoms with Gasteiger partial charge in [0, 0.05) is 18.4 Å². The molecule has 0 aliphatic rings. The number of anilines is 1. The topological polar surface area (TPSA) is 55.1 Å². The molecule has 1 atom stereocenters.